The largest absolute Gasteiger partial charge is 0.372 e. The molecule has 0 aromatic heterocycles. The molecule has 3 nitrogen and oxygen atoms in total. The van der Waals surface area contributed by atoms with Crippen LogP contribution in [-0.4, -0.2) is 19.0 Å². The van der Waals surface area contributed by atoms with Crippen LogP contribution in [0.25, 0.3) is 0 Å². The summed E-state index contributed by atoms with van der Waals surface area (Å²) in [6, 6.07) is 13.3. The number of hydrogen-bond donors (Lipinski definition) is 1. The highest BCUT2D eigenvalue weighted by Gasteiger charge is 2.11. The molecule has 132 valence electrons. The van der Waals surface area contributed by atoms with Crippen molar-refractivity contribution in [3.05, 3.63) is 58.1 Å². The van der Waals surface area contributed by atoms with Crippen LogP contribution >= 0.6 is 23.2 Å². The number of nitrogens with zero attached hydrogens (tertiary/aromatic N) is 1. The lowest BCUT2D eigenvalue weighted by Crippen LogP contribution is -2.23. The van der Waals surface area contributed by atoms with Gasteiger partial charge in [0.1, 0.15) is 0 Å². The quantitative estimate of drug-likeness (QED) is 0.757. The fraction of sp³-hybridized carbons (Fsp3) is 0.350. The molecule has 3 rings (SSSR count). The molecule has 0 spiro atoms. The molecule has 1 amide bonds. The minimum Gasteiger partial charge on any atom is -0.372 e. The summed E-state index contributed by atoms with van der Waals surface area (Å²) in [6.45, 7) is 2.22. The third-order valence-electron chi connectivity index (χ3n) is 4.49. The molecule has 2 aromatic carbocycles. The van der Waals surface area contributed by atoms with Gasteiger partial charge in [-0.3, -0.25) is 4.79 Å². The van der Waals surface area contributed by atoms with E-state index < -0.39 is 0 Å². The van der Waals surface area contributed by atoms with Crippen LogP contribution in [0.4, 0.5) is 11.4 Å². The van der Waals surface area contributed by atoms with E-state index >= 15 is 0 Å². The molecule has 1 aliphatic heterocycles. The van der Waals surface area contributed by atoms with E-state index in [1.807, 2.05) is 12.1 Å². The summed E-state index contributed by atoms with van der Waals surface area (Å²) in [5.41, 5.74) is 2.79. The zero-order chi connectivity index (χ0) is 17.6. The van der Waals surface area contributed by atoms with Crippen LogP contribution in [0.2, 0.25) is 10.0 Å². The Hall–Kier alpha value is -1.71. The highest BCUT2D eigenvalue weighted by Crippen LogP contribution is 2.23. The van der Waals surface area contributed by atoms with Crippen molar-refractivity contribution in [3.8, 4) is 0 Å². The maximum Gasteiger partial charge on any atom is 0.228 e. The molecular weight excluding hydrogens is 355 g/mol. The molecule has 1 aliphatic rings. The number of benzene rings is 2. The Morgan fingerprint density at radius 2 is 1.64 bits per heavy atom. The number of carbonyl (C=O) groups is 1. The fourth-order valence-electron chi connectivity index (χ4n) is 3.13. The number of hydrogen-bond acceptors (Lipinski definition) is 2. The van der Waals surface area contributed by atoms with E-state index in [1.165, 1.54) is 31.4 Å². The van der Waals surface area contributed by atoms with Crippen LogP contribution in [0.3, 0.4) is 0 Å². The molecule has 1 fully saturated rings. The SMILES string of the molecule is O=C(Cc1ccc(Cl)cc1Cl)Nc1ccc(N2CCCCCC2)cc1. The van der Waals surface area contributed by atoms with Crippen LogP contribution in [0.1, 0.15) is 31.2 Å². The van der Waals surface area contributed by atoms with E-state index in [4.69, 9.17) is 23.2 Å². The molecule has 2 aromatic rings. The van der Waals surface area contributed by atoms with Gasteiger partial charge in [-0.05, 0) is 54.8 Å². The van der Waals surface area contributed by atoms with E-state index in [2.05, 4.69) is 22.3 Å². The molecule has 0 saturated carbocycles. The van der Waals surface area contributed by atoms with Gasteiger partial charge in [-0.25, -0.2) is 0 Å². The molecular formula is C20H22Cl2N2O. The predicted octanol–water partition coefficient (Wildman–Crippen LogP) is 5.56. The van der Waals surface area contributed by atoms with Crippen molar-refractivity contribution in [2.75, 3.05) is 23.3 Å². The van der Waals surface area contributed by atoms with Crippen LogP contribution < -0.4 is 10.2 Å². The zero-order valence-electron chi connectivity index (χ0n) is 14.1. The van der Waals surface area contributed by atoms with Crippen molar-refractivity contribution in [1.82, 2.24) is 0 Å². The first-order valence-electron chi connectivity index (χ1n) is 8.70. The molecule has 25 heavy (non-hydrogen) atoms. The van der Waals surface area contributed by atoms with Gasteiger partial charge >= 0.3 is 0 Å². The fourth-order valence-corrected chi connectivity index (χ4v) is 3.60. The van der Waals surface area contributed by atoms with E-state index in [0.29, 0.717) is 10.0 Å². The first-order chi connectivity index (χ1) is 12.1. The Morgan fingerprint density at radius 1 is 0.960 bits per heavy atom. The first kappa shape index (κ1) is 18.1. The van der Waals surface area contributed by atoms with Gasteiger partial charge in [0, 0.05) is 34.5 Å². The third kappa shape index (κ3) is 5.13. The van der Waals surface area contributed by atoms with E-state index in [-0.39, 0.29) is 12.3 Å². The zero-order valence-corrected chi connectivity index (χ0v) is 15.6. The lowest BCUT2D eigenvalue weighted by molar-refractivity contribution is -0.115. The second-order valence-electron chi connectivity index (χ2n) is 6.41. The molecule has 0 bridgehead atoms. The summed E-state index contributed by atoms with van der Waals surface area (Å²) in [7, 11) is 0. The van der Waals surface area contributed by atoms with Gasteiger partial charge in [-0.1, -0.05) is 42.1 Å². The van der Waals surface area contributed by atoms with Gasteiger partial charge in [0.25, 0.3) is 0 Å². The number of nitrogens with one attached hydrogen (secondary N) is 1. The van der Waals surface area contributed by atoms with Crippen molar-refractivity contribution in [3.63, 3.8) is 0 Å². The monoisotopic (exact) mass is 376 g/mol. The Labute approximate surface area is 158 Å². The number of amides is 1. The normalized spacial score (nSPS) is 14.9. The summed E-state index contributed by atoms with van der Waals surface area (Å²) in [4.78, 5) is 14.7. The molecule has 1 saturated heterocycles. The maximum absolute atomic E-state index is 12.2. The second-order valence-corrected chi connectivity index (χ2v) is 7.25. The first-order valence-corrected chi connectivity index (χ1v) is 9.46. The lowest BCUT2D eigenvalue weighted by atomic mass is 10.1. The predicted molar refractivity (Wildman–Crippen MR) is 106 cm³/mol. The smallest absolute Gasteiger partial charge is 0.228 e. The Balaban J connectivity index is 1.59. The van der Waals surface area contributed by atoms with Gasteiger partial charge in [-0.2, -0.15) is 0 Å². The number of carbonyl (C=O) groups excluding carboxylic acids is 1. The number of halogens is 2. The molecule has 1 heterocycles. The van der Waals surface area contributed by atoms with Crippen molar-refractivity contribution in [2.24, 2.45) is 0 Å². The van der Waals surface area contributed by atoms with Crippen molar-refractivity contribution in [2.45, 2.75) is 32.1 Å². The van der Waals surface area contributed by atoms with Crippen molar-refractivity contribution in [1.29, 1.82) is 0 Å². The maximum atomic E-state index is 12.2. The van der Waals surface area contributed by atoms with Crippen LogP contribution in [0, 0.1) is 0 Å². The highest BCUT2D eigenvalue weighted by molar-refractivity contribution is 6.35. The standard InChI is InChI=1S/C20H22Cl2N2O/c21-16-6-5-15(19(22)14-16)13-20(25)23-17-7-9-18(10-8-17)24-11-3-1-2-4-12-24/h5-10,14H,1-4,11-13H2,(H,23,25). The topological polar surface area (TPSA) is 32.3 Å². The minimum atomic E-state index is -0.0910. The molecule has 0 radical (unpaired) electrons. The Bertz CT molecular complexity index is 723. The van der Waals surface area contributed by atoms with E-state index in [1.54, 1.807) is 18.2 Å². The Kier molecular flexibility index (Phi) is 6.22. The average molecular weight is 377 g/mol. The van der Waals surface area contributed by atoms with Crippen LogP contribution in [-0.2, 0) is 11.2 Å². The lowest BCUT2D eigenvalue weighted by Gasteiger charge is -2.22. The summed E-state index contributed by atoms with van der Waals surface area (Å²) in [5.74, 6) is -0.0910. The summed E-state index contributed by atoms with van der Waals surface area (Å²) in [5, 5.41) is 4.01. The molecule has 0 aliphatic carbocycles. The van der Waals surface area contributed by atoms with Crippen molar-refractivity contribution >= 4 is 40.5 Å². The number of anilines is 2. The molecule has 5 heteroatoms. The third-order valence-corrected chi connectivity index (χ3v) is 5.08. The number of rotatable bonds is 4. The van der Waals surface area contributed by atoms with E-state index in [0.717, 1.165) is 24.3 Å². The van der Waals surface area contributed by atoms with Crippen LogP contribution in [0.15, 0.2) is 42.5 Å². The minimum absolute atomic E-state index is 0.0910. The van der Waals surface area contributed by atoms with Gasteiger partial charge in [0.15, 0.2) is 0 Å². The molecule has 0 atom stereocenters. The van der Waals surface area contributed by atoms with Gasteiger partial charge in [-0.15, -0.1) is 0 Å². The average Bonchev–Trinajstić information content (AvgIpc) is 2.87. The van der Waals surface area contributed by atoms with Crippen LogP contribution in [0.5, 0.6) is 0 Å². The Morgan fingerprint density at radius 3 is 2.28 bits per heavy atom. The van der Waals surface area contributed by atoms with Gasteiger partial charge < -0.3 is 10.2 Å². The molecule has 0 unspecified atom stereocenters. The van der Waals surface area contributed by atoms with Gasteiger partial charge in [0.05, 0.1) is 6.42 Å². The molecule has 1 N–H and O–H groups in total. The highest BCUT2D eigenvalue weighted by atomic mass is 35.5. The van der Waals surface area contributed by atoms with Crippen molar-refractivity contribution < 1.29 is 4.79 Å². The summed E-state index contributed by atoms with van der Waals surface area (Å²) >= 11 is 12.0. The summed E-state index contributed by atoms with van der Waals surface area (Å²) < 4.78 is 0. The van der Waals surface area contributed by atoms with Gasteiger partial charge in [0.2, 0.25) is 5.91 Å². The second kappa shape index (κ2) is 8.59. The van der Waals surface area contributed by atoms with E-state index in [9.17, 15) is 4.79 Å². The summed E-state index contributed by atoms with van der Waals surface area (Å²) in [6.07, 6.45) is 5.36.